The van der Waals surface area contributed by atoms with Crippen molar-refractivity contribution in [2.75, 3.05) is 24.0 Å². The Bertz CT molecular complexity index is 2590. The number of nitrogens with zero attached hydrogens (tertiary/aromatic N) is 8. The number of aliphatic hydroxyl groups is 2. The molecule has 4 amide bonds. The normalized spacial score (nSPS) is 11.5. The minimum Gasteiger partial charge on any atom is -0.400 e. The maximum atomic E-state index is 12.8. The van der Waals surface area contributed by atoms with Crippen LogP contribution in [0.5, 0.6) is 0 Å². The number of anilines is 2. The van der Waals surface area contributed by atoms with Crippen LogP contribution in [0.25, 0.3) is 21.5 Å². The smallest absolute Gasteiger partial charge is 0.400 e. The summed E-state index contributed by atoms with van der Waals surface area (Å²) >= 11 is 0. The van der Waals surface area contributed by atoms with Crippen LogP contribution in [0.4, 0.5) is 22.7 Å². The van der Waals surface area contributed by atoms with Crippen molar-refractivity contribution in [2.45, 2.75) is 13.8 Å². The van der Waals surface area contributed by atoms with E-state index in [1.54, 1.807) is 72.8 Å². The van der Waals surface area contributed by atoms with Crippen LogP contribution in [0, 0.1) is 63.4 Å². The average molecular weight is 1050 g/mol. The molecule has 0 saturated carbocycles. The quantitative estimate of drug-likeness (QED) is 0.0754. The number of carbonyl (C=O) groups excluding carboxylic acids is 4. The molecule has 0 atom stereocenters. The largest absolute Gasteiger partial charge is 2.00 e. The molecular formula is C40H32Cl2CuN8O18. The number of hydrogen-bond acceptors (Lipinski definition) is 22. The van der Waals surface area contributed by atoms with Gasteiger partial charge in [-0.1, -0.05) is 12.1 Å². The van der Waals surface area contributed by atoms with E-state index in [2.05, 4.69) is 9.97 Å². The topological polar surface area (TPSA) is 459 Å². The molecule has 2 N–H and O–H groups in total. The predicted molar refractivity (Wildman–Crippen MR) is 211 cm³/mol. The van der Waals surface area contributed by atoms with Gasteiger partial charge in [-0.05, 0) is 60.7 Å². The Labute approximate surface area is 403 Å². The number of imide groups is 2. The Morgan fingerprint density at radius 2 is 0.725 bits per heavy atom. The molecule has 26 nitrogen and oxygen atoms in total. The third kappa shape index (κ3) is 16.9. The second-order valence-electron chi connectivity index (χ2n) is 11.7. The van der Waals surface area contributed by atoms with Gasteiger partial charge in [0.1, 0.15) is 0 Å². The molecule has 0 aliphatic carbocycles. The number of nitro groups is 2. The van der Waals surface area contributed by atoms with Crippen molar-refractivity contribution in [3.05, 3.63) is 152 Å². The molecule has 2 aliphatic heterocycles. The third-order valence-electron chi connectivity index (χ3n) is 8.00. The summed E-state index contributed by atoms with van der Waals surface area (Å²) in [5.74, 6) is -2.04. The zero-order chi connectivity index (χ0) is 52.1. The summed E-state index contributed by atoms with van der Waals surface area (Å²) in [7, 11) is -7.89. The first-order chi connectivity index (χ1) is 32.0. The van der Waals surface area contributed by atoms with E-state index in [9.17, 15) is 39.4 Å². The molecule has 4 heterocycles. The summed E-state index contributed by atoms with van der Waals surface area (Å²) in [4.78, 5) is 82.5. The number of halogens is 2. The number of carbonyl (C=O) groups is 4. The Morgan fingerprint density at radius 3 is 0.957 bits per heavy atom. The first-order valence-electron chi connectivity index (χ1n) is 17.7. The molecule has 0 fully saturated rings. The molecule has 8 rings (SSSR count). The number of pyridine rings is 2. The molecule has 2 aliphatic rings. The van der Waals surface area contributed by atoms with Crippen LogP contribution in [-0.4, -0.2) is 67.9 Å². The Hall–Kier alpha value is -7.54. The van der Waals surface area contributed by atoms with E-state index < -0.39 is 54.0 Å². The van der Waals surface area contributed by atoms with E-state index >= 15 is 0 Å². The number of aromatic nitrogens is 2. The fraction of sp³-hybridized carbons (Fsp3) is 0.100. The summed E-state index contributed by atoms with van der Waals surface area (Å²) in [6.07, 6.45) is 5.95. The van der Waals surface area contributed by atoms with Gasteiger partial charge in [0.2, 0.25) is 0 Å². The van der Waals surface area contributed by atoms with Gasteiger partial charge < -0.3 is 10.2 Å². The standard InChI is InChI=1S/2C17H9N3O4.2C2H3N.2CH4O.2ClHO4.Cu/c2*21-16-12-3-1-2-11-14(20(23)24)5-4-13(15(11)12)17(22)19(16)10-6-8-18-9-7-10;2*1-2-3;2*1-2;2*2-1(3,4)5;/h2*1-9H;2*1H3;2*2H,1H3;2*(H,2,3,4,5);/q;;;;;;;;+2/p-2. The van der Waals surface area contributed by atoms with Crippen molar-refractivity contribution < 1.29 is 114 Å². The van der Waals surface area contributed by atoms with Gasteiger partial charge in [-0.3, -0.25) is 49.4 Å². The Kier molecular flexibility index (Phi) is 25.5. The van der Waals surface area contributed by atoms with Crippen LogP contribution in [-0.2, 0) is 17.1 Å². The van der Waals surface area contributed by atoms with Crippen LogP contribution in [0.1, 0.15) is 55.3 Å². The maximum absolute atomic E-state index is 12.8. The van der Waals surface area contributed by atoms with Gasteiger partial charge >= 0.3 is 17.1 Å². The number of nitriles is 2. The molecule has 365 valence electrons. The second kappa shape index (κ2) is 28.6. The number of aliphatic hydroxyl groups excluding tert-OH is 2. The SMILES string of the molecule is CC#N.CC#N.CO.CO.O=C1c2cccc3c([N+](=O)[O-])ccc(c23)C(=O)N1c1ccncc1.O=C1c2cccc3c([N+](=O)[O-])ccc(c23)C(=O)N1c1ccncc1.[Cu+2].[O-][Cl+3]([O-])([O-])[O-].[O-][Cl+3]([O-])([O-])[O-]. The minimum absolute atomic E-state index is 0. The zero-order valence-electron chi connectivity index (χ0n) is 35.5. The van der Waals surface area contributed by atoms with Gasteiger partial charge in [-0.15, -0.1) is 20.5 Å². The first kappa shape index (κ1) is 61.5. The summed E-state index contributed by atoms with van der Waals surface area (Å²) in [6.45, 7) is 2.86. The fourth-order valence-corrected chi connectivity index (χ4v) is 5.94. The summed E-state index contributed by atoms with van der Waals surface area (Å²) in [6, 6.07) is 24.5. The number of non-ortho nitro benzene ring substituents is 2. The van der Waals surface area contributed by atoms with Crippen molar-refractivity contribution >= 4 is 67.9 Å². The van der Waals surface area contributed by atoms with Crippen molar-refractivity contribution in [1.82, 2.24) is 9.97 Å². The number of benzene rings is 4. The summed E-state index contributed by atoms with van der Waals surface area (Å²) in [5, 5.41) is 52.3. The van der Waals surface area contributed by atoms with Gasteiger partial charge in [-0.25, -0.2) is 47.1 Å². The molecular weight excluding hydrogens is 1010 g/mol. The minimum atomic E-state index is -4.94. The second-order valence-corrected chi connectivity index (χ2v) is 13.3. The van der Waals surface area contributed by atoms with Crippen LogP contribution >= 0.6 is 0 Å². The van der Waals surface area contributed by atoms with E-state index in [-0.39, 0.29) is 61.5 Å². The first-order valence-corrected chi connectivity index (χ1v) is 20.2. The number of rotatable bonds is 4. The molecule has 1 radical (unpaired) electrons. The fourth-order valence-electron chi connectivity index (χ4n) is 5.94. The van der Waals surface area contributed by atoms with Crippen molar-refractivity contribution in [3.8, 4) is 12.1 Å². The molecule has 4 aromatic carbocycles. The predicted octanol–water partition coefficient (Wildman–Crippen LogP) is -3.35. The average Bonchev–Trinajstić information content (AvgIpc) is 3.29. The van der Waals surface area contributed by atoms with Crippen molar-refractivity contribution in [3.63, 3.8) is 0 Å². The molecule has 2 aromatic heterocycles. The van der Waals surface area contributed by atoms with E-state index in [1.165, 1.54) is 62.9 Å². The van der Waals surface area contributed by atoms with Gasteiger partial charge in [0.15, 0.2) is 0 Å². The van der Waals surface area contributed by atoms with Crippen LogP contribution in [0.3, 0.4) is 0 Å². The number of amides is 4. The van der Waals surface area contributed by atoms with Crippen LogP contribution < -0.4 is 47.1 Å². The van der Waals surface area contributed by atoms with Crippen LogP contribution in [0.15, 0.2) is 110 Å². The van der Waals surface area contributed by atoms with Gasteiger partial charge in [0.05, 0.1) is 44.1 Å². The Morgan fingerprint density at radius 1 is 0.493 bits per heavy atom. The van der Waals surface area contributed by atoms with Gasteiger partial charge in [-0.2, -0.15) is 10.5 Å². The molecule has 6 aromatic rings. The van der Waals surface area contributed by atoms with Crippen molar-refractivity contribution in [1.29, 1.82) is 10.5 Å². The van der Waals surface area contributed by atoms with E-state index in [4.69, 9.17) is 58.0 Å². The van der Waals surface area contributed by atoms with Crippen molar-refractivity contribution in [2.24, 2.45) is 0 Å². The molecule has 0 unspecified atom stereocenters. The zero-order valence-corrected chi connectivity index (χ0v) is 37.9. The van der Waals surface area contributed by atoms with E-state index in [1.807, 2.05) is 0 Å². The Balaban J connectivity index is 0.000000963. The molecule has 0 saturated heterocycles. The summed E-state index contributed by atoms with van der Waals surface area (Å²) in [5.41, 5.74) is 1.61. The number of nitro benzene ring substituents is 2. The molecule has 29 heteroatoms. The number of hydrogen-bond donors (Lipinski definition) is 2. The molecule has 69 heavy (non-hydrogen) atoms. The molecule has 0 bridgehead atoms. The van der Waals surface area contributed by atoms with Gasteiger partial charge in [0, 0.05) is 98.0 Å². The van der Waals surface area contributed by atoms with Gasteiger partial charge in [0.25, 0.3) is 35.0 Å². The molecule has 0 spiro atoms. The maximum Gasteiger partial charge on any atom is 2.00 e. The third-order valence-corrected chi connectivity index (χ3v) is 8.00. The van der Waals surface area contributed by atoms with E-state index in [0.717, 1.165) is 24.0 Å². The summed E-state index contributed by atoms with van der Waals surface area (Å²) < 4.78 is 67.9. The van der Waals surface area contributed by atoms with Crippen LogP contribution in [0.2, 0.25) is 0 Å². The van der Waals surface area contributed by atoms with E-state index in [0.29, 0.717) is 22.1 Å². The monoisotopic (exact) mass is 1050 g/mol.